The number of furan rings is 1. The second kappa shape index (κ2) is 10.1. The number of hydrogen-bond donors (Lipinski definition) is 0. The van der Waals surface area contributed by atoms with E-state index in [9.17, 15) is 13.2 Å². The van der Waals surface area contributed by atoms with Gasteiger partial charge in [-0.2, -0.15) is 17.0 Å². The van der Waals surface area contributed by atoms with E-state index in [1.807, 2.05) is 31.2 Å². The number of carbonyl (C=O) groups excluding carboxylic acids is 1. The van der Waals surface area contributed by atoms with Gasteiger partial charge in [-0.05, 0) is 44.0 Å². The lowest BCUT2D eigenvalue weighted by atomic mass is 10.2. The number of rotatable bonds is 6. The summed E-state index contributed by atoms with van der Waals surface area (Å²) in [6, 6.07) is 11.1. The summed E-state index contributed by atoms with van der Waals surface area (Å²) >= 11 is 0. The van der Waals surface area contributed by atoms with Gasteiger partial charge >= 0.3 is 0 Å². The maximum absolute atomic E-state index is 13.0. The Kier molecular flexibility index (Phi) is 7.17. The summed E-state index contributed by atoms with van der Waals surface area (Å²) < 4.78 is 40.4. The van der Waals surface area contributed by atoms with Crippen LogP contribution in [-0.4, -0.2) is 67.1 Å². The third kappa shape index (κ3) is 5.33. The molecule has 174 valence electrons. The largest absolute Gasteiger partial charge is 0.486 e. The highest BCUT2D eigenvalue weighted by Gasteiger charge is 2.34. The van der Waals surface area contributed by atoms with E-state index in [2.05, 4.69) is 0 Å². The highest BCUT2D eigenvalue weighted by molar-refractivity contribution is 7.86. The molecule has 0 atom stereocenters. The van der Waals surface area contributed by atoms with Crippen molar-refractivity contribution in [3.8, 4) is 5.75 Å². The Balaban J connectivity index is 1.30. The Labute approximate surface area is 189 Å². The molecule has 32 heavy (non-hydrogen) atoms. The Morgan fingerprint density at radius 3 is 2.16 bits per heavy atom. The summed E-state index contributed by atoms with van der Waals surface area (Å²) in [5.41, 5.74) is 1.16. The third-order valence-corrected chi connectivity index (χ3v) is 8.05. The van der Waals surface area contributed by atoms with Gasteiger partial charge in [0.05, 0.1) is 0 Å². The first-order chi connectivity index (χ1) is 15.4. The molecule has 8 nitrogen and oxygen atoms in total. The van der Waals surface area contributed by atoms with Crippen molar-refractivity contribution in [3.05, 3.63) is 53.5 Å². The Bertz CT molecular complexity index is 1000. The predicted octanol–water partition coefficient (Wildman–Crippen LogP) is 3.05. The topological polar surface area (TPSA) is 83.3 Å². The van der Waals surface area contributed by atoms with Crippen LogP contribution in [0.15, 0.2) is 40.8 Å². The predicted molar refractivity (Wildman–Crippen MR) is 121 cm³/mol. The summed E-state index contributed by atoms with van der Waals surface area (Å²) in [5, 5.41) is 0. The van der Waals surface area contributed by atoms with E-state index < -0.39 is 10.2 Å². The number of ether oxygens (including phenoxy) is 1. The number of nitrogens with zero attached hydrogens (tertiary/aromatic N) is 3. The third-order valence-electron chi connectivity index (χ3n) is 6.02. The fourth-order valence-electron chi connectivity index (χ4n) is 4.07. The van der Waals surface area contributed by atoms with Crippen LogP contribution in [0.1, 0.15) is 47.6 Å². The molecule has 1 aromatic heterocycles. The zero-order valence-corrected chi connectivity index (χ0v) is 19.3. The van der Waals surface area contributed by atoms with Crippen LogP contribution in [0.25, 0.3) is 0 Å². The highest BCUT2D eigenvalue weighted by atomic mass is 32.2. The molecule has 2 saturated heterocycles. The van der Waals surface area contributed by atoms with Gasteiger partial charge in [0.2, 0.25) is 0 Å². The van der Waals surface area contributed by atoms with Gasteiger partial charge in [0.1, 0.15) is 18.1 Å². The first-order valence-electron chi connectivity index (χ1n) is 11.3. The molecule has 0 N–H and O–H groups in total. The van der Waals surface area contributed by atoms with Gasteiger partial charge in [-0.3, -0.25) is 4.79 Å². The number of hydrogen-bond acceptors (Lipinski definition) is 5. The van der Waals surface area contributed by atoms with Crippen molar-refractivity contribution in [2.24, 2.45) is 0 Å². The molecular weight excluding hydrogens is 430 g/mol. The van der Waals surface area contributed by atoms with E-state index >= 15 is 0 Å². The fourth-order valence-corrected chi connectivity index (χ4v) is 5.74. The summed E-state index contributed by atoms with van der Waals surface area (Å²) in [5.74, 6) is 1.33. The summed E-state index contributed by atoms with van der Waals surface area (Å²) in [7, 11) is -3.47. The van der Waals surface area contributed by atoms with E-state index in [1.54, 1.807) is 21.3 Å². The summed E-state index contributed by atoms with van der Waals surface area (Å²) in [4.78, 5) is 14.5. The van der Waals surface area contributed by atoms with E-state index in [1.165, 1.54) is 4.31 Å². The van der Waals surface area contributed by atoms with Crippen LogP contribution in [0.2, 0.25) is 0 Å². The molecule has 3 heterocycles. The minimum atomic E-state index is -3.47. The summed E-state index contributed by atoms with van der Waals surface area (Å²) in [6.45, 7) is 4.71. The average molecular weight is 462 g/mol. The Morgan fingerprint density at radius 2 is 1.50 bits per heavy atom. The van der Waals surface area contributed by atoms with Gasteiger partial charge in [0, 0.05) is 39.3 Å². The average Bonchev–Trinajstić information content (AvgIpc) is 3.10. The zero-order valence-electron chi connectivity index (χ0n) is 18.5. The molecule has 9 heteroatoms. The molecule has 1 aromatic carbocycles. The number of carbonyl (C=O) groups is 1. The van der Waals surface area contributed by atoms with Gasteiger partial charge in [-0.25, -0.2) is 0 Å². The summed E-state index contributed by atoms with van der Waals surface area (Å²) in [6.07, 6.45) is 3.98. The van der Waals surface area contributed by atoms with Gasteiger partial charge in [-0.1, -0.05) is 30.5 Å². The van der Waals surface area contributed by atoms with Gasteiger partial charge < -0.3 is 14.1 Å². The van der Waals surface area contributed by atoms with Crippen molar-refractivity contribution < 1.29 is 22.4 Å². The molecule has 0 aliphatic carbocycles. The maximum atomic E-state index is 13.0. The Hall–Kier alpha value is -2.36. The quantitative estimate of drug-likeness (QED) is 0.660. The molecule has 0 unspecified atom stereocenters. The highest BCUT2D eigenvalue weighted by Crippen LogP contribution is 2.20. The van der Waals surface area contributed by atoms with E-state index in [0.29, 0.717) is 45.0 Å². The monoisotopic (exact) mass is 461 g/mol. The minimum absolute atomic E-state index is 0.224. The number of piperazine rings is 1. The van der Waals surface area contributed by atoms with Gasteiger partial charge in [0.25, 0.3) is 16.1 Å². The first kappa shape index (κ1) is 22.8. The SMILES string of the molecule is Cc1ccc(OCc2ccc(C(=O)N3CCN(S(=O)(=O)N4CCCCCC4)CC3)o2)cc1. The second-order valence-corrected chi connectivity index (χ2v) is 10.3. The molecule has 2 fully saturated rings. The molecular formula is C23H31N3O5S. The molecule has 4 rings (SSSR count). The van der Waals surface area contributed by atoms with Crippen LogP contribution in [0, 0.1) is 6.92 Å². The molecule has 2 aromatic rings. The second-order valence-electron chi connectivity index (χ2n) is 8.38. The Morgan fingerprint density at radius 1 is 0.875 bits per heavy atom. The molecule has 2 aliphatic heterocycles. The van der Waals surface area contributed by atoms with Crippen LogP contribution >= 0.6 is 0 Å². The number of amides is 1. The molecule has 0 bridgehead atoms. The minimum Gasteiger partial charge on any atom is -0.486 e. The van der Waals surface area contributed by atoms with E-state index in [0.717, 1.165) is 37.0 Å². The lowest BCUT2D eigenvalue weighted by molar-refractivity contribution is 0.0658. The number of aryl methyl sites for hydroxylation is 1. The van der Waals surface area contributed by atoms with Crippen LogP contribution in [0.3, 0.4) is 0 Å². The lowest BCUT2D eigenvalue weighted by Gasteiger charge is -2.36. The molecule has 2 aliphatic rings. The smallest absolute Gasteiger partial charge is 0.289 e. The van der Waals surface area contributed by atoms with Gasteiger partial charge in [0.15, 0.2) is 5.76 Å². The maximum Gasteiger partial charge on any atom is 0.289 e. The molecule has 0 radical (unpaired) electrons. The number of benzene rings is 1. The van der Waals surface area contributed by atoms with Crippen molar-refractivity contribution in [2.75, 3.05) is 39.3 Å². The molecule has 1 amide bonds. The van der Waals surface area contributed by atoms with Crippen molar-refractivity contribution >= 4 is 16.1 Å². The van der Waals surface area contributed by atoms with Crippen molar-refractivity contribution in [3.63, 3.8) is 0 Å². The van der Waals surface area contributed by atoms with Crippen LogP contribution in [-0.2, 0) is 16.8 Å². The van der Waals surface area contributed by atoms with Crippen molar-refractivity contribution in [2.45, 2.75) is 39.2 Å². The molecule has 0 spiro atoms. The van der Waals surface area contributed by atoms with E-state index in [4.69, 9.17) is 9.15 Å². The first-order valence-corrected chi connectivity index (χ1v) is 12.7. The van der Waals surface area contributed by atoms with Crippen molar-refractivity contribution in [1.29, 1.82) is 0 Å². The van der Waals surface area contributed by atoms with E-state index in [-0.39, 0.29) is 18.3 Å². The zero-order chi connectivity index (χ0) is 22.6. The standard InChI is InChI=1S/C23H31N3O5S/c1-19-6-8-20(9-7-19)30-18-21-10-11-22(31-21)23(27)24-14-16-26(17-15-24)32(28,29)25-12-4-2-3-5-13-25/h6-11H,2-5,12-18H2,1H3. The van der Waals surface area contributed by atoms with Crippen LogP contribution in [0.4, 0.5) is 0 Å². The van der Waals surface area contributed by atoms with Crippen molar-refractivity contribution in [1.82, 2.24) is 13.5 Å². The fraction of sp³-hybridized carbons (Fsp3) is 0.522. The normalized spacial score (nSPS) is 19.0. The van der Waals surface area contributed by atoms with Crippen LogP contribution in [0.5, 0.6) is 5.75 Å². The van der Waals surface area contributed by atoms with Gasteiger partial charge in [-0.15, -0.1) is 0 Å². The lowest BCUT2D eigenvalue weighted by Crippen LogP contribution is -2.54. The van der Waals surface area contributed by atoms with Crippen LogP contribution < -0.4 is 4.74 Å². The molecule has 0 saturated carbocycles.